The van der Waals surface area contributed by atoms with Gasteiger partial charge in [-0.05, 0) is 114 Å². The Balaban J connectivity index is 0.954. The van der Waals surface area contributed by atoms with Crippen LogP contribution in [0.25, 0.3) is 78.4 Å². The molecule has 0 saturated heterocycles. The van der Waals surface area contributed by atoms with Gasteiger partial charge in [-0.2, -0.15) is 0 Å². The molecular weight excluding hydrogens is 689 g/mol. The van der Waals surface area contributed by atoms with Crippen molar-refractivity contribution in [2.75, 3.05) is 0 Å². The van der Waals surface area contributed by atoms with Gasteiger partial charge < -0.3 is 0 Å². The number of nitrogens with zero attached hydrogens (tertiary/aromatic N) is 2. The van der Waals surface area contributed by atoms with Crippen LogP contribution in [0.15, 0.2) is 158 Å². The summed E-state index contributed by atoms with van der Waals surface area (Å²) in [6, 6.07) is 58.2. The highest BCUT2D eigenvalue weighted by molar-refractivity contribution is 5.88. The molecule has 0 N–H and O–H groups in total. The van der Waals surface area contributed by atoms with Crippen LogP contribution < -0.4 is 0 Å². The van der Waals surface area contributed by atoms with Crippen LogP contribution in [-0.4, -0.2) is 9.97 Å². The Morgan fingerprint density at radius 2 is 0.596 bits per heavy atom. The van der Waals surface area contributed by atoms with Crippen molar-refractivity contribution in [3.63, 3.8) is 0 Å². The minimum atomic E-state index is -0.197. The van der Waals surface area contributed by atoms with Crippen molar-refractivity contribution < 1.29 is 0 Å². The summed E-state index contributed by atoms with van der Waals surface area (Å²) < 4.78 is 0. The Bertz CT molecular complexity index is 2760. The van der Waals surface area contributed by atoms with E-state index in [0.29, 0.717) is 0 Å². The van der Waals surface area contributed by atoms with E-state index in [2.05, 4.69) is 199 Å². The third-order valence-corrected chi connectivity index (χ3v) is 13.5. The third-order valence-electron chi connectivity index (χ3n) is 13.5. The molecule has 3 aliphatic carbocycles. The lowest BCUT2D eigenvalue weighted by atomic mass is 9.81. The first-order valence-corrected chi connectivity index (χ1v) is 20.2. The van der Waals surface area contributed by atoms with Crippen molar-refractivity contribution in [1.29, 1.82) is 0 Å². The molecule has 2 aromatic heterocycles. The van der Waals surface area contributed by atoms with E-state index < -0.39 is 0 Å². The molecule has 0 unspecified atom stereocenters. The van der Waals surface area contributed by atoms with Crippen molar-refractivity contribution >= 4 is 0 Å². The molecule has 0 atom stereocenters. The van der Waals surface area contributed by atoms with Crippen LogP contribution in [0.5, 0.6) is 0 Å². The second kappa shape index (κ2) is 11.8. The van der Waals surface area contributed by atoms with Gasteiger partial charge in [-0.3, -0.25) is 0 Å². The molecular formula is C55H44N2. The largest absolute Gasteiger partial charge is 0.246 e. The molecule has 3 aliphatic rings. The summed E-state index contributed by atoms with van der Waals surface area (Å²) in [6.45, 7) is 14.0. The van der Waals surface area contributed by atoms with E-state index in [1.54, 1.807) is 0 Å². The van der Waals surface area contributed by atoms with E-state index in [-0.39, 0.29) is 16.2 Å². The molecule has 0 aliphatic heterocycles. The number of aromatic nitrogens is 2. The van der Waals surface area contributed by atoms with E-state index in [1.807, 2.05) is 0 Å². The third kappa shape index (κ3) is 4.89. The molecule has 11 rings (SSSR count). The minimum absolute atomic E-state index is 0.136. The fourth-order valence-electron chi connectivity index (χ4n) is 10.2. The average Bonchev–Trinajstić information content (AvgIpc) is 3.72. The highest BCUT2D eigenvalue weighted by Gasteiger charge is 2.40. The summed E-state index contributed by atoms with van der Waals surface area (Å²) in [7, 11) is 0. The Labute approximate surface area is 336 Å². The monoisotopic (exact) mass is 732 g/mol. The van der Waals surface area contributed by atoms with Gasteiger partial charge in [-0.25, -0.2) is 9.97 Å². The standard InChI is InChI=1S/C55H44N2/c1-53(2)43-25-27-49(37-19-23-41-39-21-17-35(33-13-9-7-10-14-33)29-45(39)54(3,4)47(41)31-37)56-51(43)52-44(53)26-28-50(57-52)38-20-24-42-40-22-18-36(34-15-11-8-12-16-34)30-46(40)55(5,6)48(42)32-38/h7-32H,1-6H3. The maximum atomic E-state index is 5.45. The van der Waals surface area contributed by atoms with Crippen molar-refractivity contribution in [2.45, 2.75) is 57.8 Å². The molecule has 0 bridgehead atoms. The van der Waals surface area contributed by atoms with Crippen LogP contribution in [0.2, 0.25) is 0 Å². The maximum Gasteiger partial charge on any atom is 0.0937 e. The lowest BCUT2D eigenvalue weighted by molar-refractivity contribution is 0.658. The highest BCUT2D eigenvalue weighted by atomic mass is 14.8. The van der Waals surface area contributed by atoms with Gasteiger partial charge in [0.05, 0.1) is 22.8 Å². The van der Waals surface area contributed by atoms with Gasteiger partial charge in [0.1, 0.15) is 0 Å². The summed E-state index contributed by atoms with van der Waals surface area (Å²) in [5.41, 5.74) is 24.0. The SMILES string of the molecule is CC1(C)c2cc(-c3ccccc3)ccc2-c2ccc(-c3ccc4c(n3)-c3nc(-c5ccc6c(c5)C(C)(C)c5cc(-c7ccccc7)ccc5-6)ccc3C4(C)C)cc21. The molecule has 2 heterocycles. The zero-order valence-electron chi connectivity index (χ0n) is 33.4. The van der Waals surface area contributed by atoms with E-state index in [0.717, 1.165) is 33.9 Å². The van der Waals surface area contributed by atoms with Crippen LogP contribution in [0, 0.1) is 0 Å². The summed E-state index contributed by atoms with van der Waals surface area (Å²) in [5, 5.41) is 0. The van der Waals surface area contributed by atoms with Crippen LogP contribution in [0.4, 0.5) is 0 Å². The minimum Gasteiger partial charge on any atom is -0.246 e. The van der Waals surface area contributed by atoms with Crippen molar-refractivity contribution in [2.24, 2.45) is 0 Å². The zero-order valence-corrected chi connectivity index (χ0v) is 33.4. The summed E-state index contributed by atoms with van der Waals surface area (Å²) in [6.07, 6.45) is 0. The van der Waals surface area contributed by atoms with Crippen LogP contribution in [0.3, 0.4) is 0 Å². The van der Waals surface area contributed by atoms with E-state index in [4.69, 9.17) is 9.97 Å². The Hall–Kier alpha value is -6.38. The molecule has 0 spiro atoms. The number of fused-ring (bicyclic) bond motifs is 9. The van der Waals surface area contributed by atoms with Gasteiger partial charge in [0.2, 0.25) is 0 Å². The molecule has 2 nitrogen and oxygen atoms in total. The van der Waals surface area contributed by atoms with Crippen molar-refractivity contribution in [3.05, 3.63) is 191 Å². The predicted octanol–water partition coefficient (Wildman–Crippen LogP) is 14.1. The quantitative estimate of drug-likeness (QED) is 0.180. The van der Waals surface area contributed by atoms with E-state index >= 15 is 0 Å². The molecule has 0 fully saturated rings. The molecule has 57 heavy (non-hydrogen) atoms. The lowest BCUT2D eigenvalue weighted by Gasteiger charge is -2.23. The number of pyridine rings is 2. The van der Waals surface area contributed by atoms with Gasteiger partial charge in [-0.1, -0.05) is 163 Å². The number of hydrogen-bond donors (Lipinski definition) is 0. The Morgan fingerprint density at radius 1 is 0.281 bits per heavy atom. The molecule has 6 aromatic carbocycles. The average molecular weight is 733 g/mol. The van der Waals surface area contributed by atoms with Gasteiger partial charge >= 0.3 is 0 Å². The highest BCUT2D eigenvalue weighted by Crippen LogP contribution is 2.53. The van der Waals surface area contributed by atoms with Gasteiger partial charge in [0.25, 0.3) is 0 Å². The number of benzene rings is 6. The smallest absolute Gasteiger partial charge is 0.0937 e. The van der Waals surface area contributed by atoms with Crippen molar-refractivity contribution in [1.82, 2.24) is 9.97 Å². The second-order valence-electron chi connectivity index (χ2n) is 17.8. The fraction of sp³-hybridized carbons (Fsp3) is 0.164. The summed E-state index contributed by atoms with van der Waals surface area (Å²) >= 11 is 0. The van der Waals surface area contributed by atoms with Gasteiger partial charge in [-0.15, -0.1) is 0 Å². The Kier molecular flexibility index (Phi) is 7.03. The van der Waals surface area contributed by atoms with Crippen LogP contribution in [-0.2, 0) is 16.2 Å². The normalized spacial score (nSPS) is 15.6. The first-order chi connectivity index (χ1) is 27.5. The van der Waals surface area contributed by atoms with Crippen molar-refractivity contribution in [3.8, 4) is 78.4 Å². The predicted molar refractivity (Wildman–Crippen MR) is 236 cm³/mol. The van der Waals surface area contributed by atoms with Gasteiger partial charge in [0, 0.05) is 27.4 Å². The summed E-state index contributed by atoms with van der Waals surface area (Å²) in [4.78, 5) is 10.9. The van der Waals surface area contributed by atoms with E-state index in [1.165, 1.54) is 77.9 Å². The first kappa shape index (κ1) is 33.9. The fourth-order valence-corrected chi connectivity index (χ4v) is 10.2. The van der Waals surface area contributed by atoms with Gasteiger partial charge in [0.15, 0.2) is 0 Å². The summed E-state index contributed by atoms with van der Waals surface area (Å²) in [5.74, 6) is 0. The maximum absolute atomic E-state index is 5.45. The zero-order chi connectivity index (χ0) is 38.8. The number of rotatable bonds is 4. The molecule has 8 aromatic rings. The molecule has 0 saturated carbocycles. The first-order valence-electron chi connectivity index (χ1n) is 20.2. The second-order valence-corrected chi connectivity index (χ2v) is 17.8. The Morgan fingerprint density at radius 3 is 0.965 bits per heavy atom. The molecule has 0 radical (unpaired) electrons. The lowest BCUT2D eigenvalue weighted by Crippen LogP contribution is -2.15. The topological polar surface area (TPSA) is 25.8 Å². The number of hydrogen-bond acceptors (Lipinski definition) is 2. The van der Waals surface area contributed by atoms with E-state index in [9.17, 15) is 0 Å². The molecule has 2 heteroatoms. The van der Waals surface area contributed by atoms with Crippen LogP contribution in [0.1, 0.15) is 74.9 Å². The molecule has 0 amide bonds. The van der Waals surface area contributed by atoms with Crippen LogP contribution >= 0.6 is 0 Å². The molecule has 274 valence electrons.